The van der Waals surface area contributed by atoms with Crippen molar-refractivity contribution in [2.24, 2.45) is 0 Å². The molecule has 0 radical (unpaired) electrons. The molecule has 1 aromatic heterocycles. The van der Waals surface area contributed by atoms with Gasteiger partial charge in [-0.2, -0.15) is 0 Å². The molecule has 6 heteroatoms. The third kappa shape index (κ3) is 2.49. The Kier molecular flexibility index (Phi) is 4.02. The minimum atomic E-state index is -0.811. The maximum Gasteiger partial charge on any atom is 0.422 e. The Hall–Kier alpha value is -2.37. The van der Waals surface area contributed by atoms with Crippen LogP contribution in [0.25, 0.3) is 10.9 Å². The second kappa shape index (κ2) is 5.73. The fourth-order valence-electron chi connectivity index (χ4n) is 2.13. The van der Waals surface area contributed by atoms with E-state index in [0.717, 1.165) is 0 Å². The van der Waals surface area contributed by atoms with Crippen molar-refractivity contribution >= 4 is 16.8 Å². The van der Waals surface area contributed by atoms with E-state index in [4.69, 9.17) is 0 Å². The number of carbonyl (C=O) groups is 1. The fraction of sp³-hybridized carbons (Fsp3) is 0.357. The summed E-state index contributed by atoms with van der Waals surface area (Å²) in [5.74, 6) is -0.995. The molecule has 0 N–H and O–H groups in total. The fourth-order valence-corrected chi connectivity index (χ4v) is 2.13. The normalized spacial score (nSPS) is 10.7. The topological polar surface area (TPSA) is 72.5 Å². The Bertz CT molecular complexity index is 741. The summed E-state index contributed by atoms with van der Waals surface area (Å²) in [5.41, 5.74) is -0.272. The molecule has 0 atom stereocenters. The maximum absolute atomic E-state index is 12.1. The van der Waals surface area contributed by atoms with E-state index in [1.807, 2.05) is 13.8 Å². The first-order valence-electron chi connectivity index (χ1n) is 6.49. The monoisotopic (exact) mass is 276 g/mol. The van der Waals surface area contributed by atoms with Crippen molar-refractivity contribution in [2.45, 2.75) is 20.4 Å². The van der Waals surface area contributed by atoms with Gasteiger partial charge in [-0.3, -0.25) is 9.36 Å². The summed E-state index contributed by atoms with van der Waals surface area (Å²) in [4.78, 5) is 37.1. The number of fused-ring (bicyclic) bond motifs is 1. The molecule has 0 fully saturated rings. The molecule has 0 aliphatic carbocycles. The Morgan fingerprint density at radius 1 is 1.20 bits per heavy atom. The van der Waals surface area contributed by atoms with Crippen LogP contribution >= 0.6 is 0 Å². The first kappa shape index (κ1) is 14.0. The minimum absolute atomic E-state index is 0.134. The predicted molar refractivity (Wildman–Crippen MR) is 74.7 cm³/mol. The van der Waals surface area contributed by atoms with E-state index in [9.17, 15) is 14.4 Å². The van der Waals surface area contributed by atoms with Gasteiger partial charge >= 0.3 is 11.4 Å². The van der Waals surface area contributed by atoms with E-state index in [1.165, 1.54) is 4.57 Å². The number of carbonyl (C=O) groups excluding carboxylic acids is 1. The van der Waals surface area contributed by atoms with Crippen LogP contribution in [0, 0.1) is 0 Å². The summed E-state index contributed by atoms with van der Waals surface area (Å²) >= 11 is 0. The van der Waals surface area contributed by atoms with E-state index >= 15 is 0 Å². The van der Waals surface area contributed by atoms with Crippen LogP contribution in [-0.2, 0) is 11.3 Å². The van der Waals surface area contributed by atoms with Crippen LogP contribution in [0.1, 0.15) is 13.8 Å². The van der Waals surface area contributed by atoms with Gasteiger partial charge in [-0.15, -0.1) is 0 Å². The number of benzene rings is 1. The highest BCUT2D eigenvalue weighted by Gasteiger charge is 2.15. The summed E-state index contributed by atoms with van der Waals surface area (Å²) in [5, 5.41) is 0.291. The Morgan fingerprint density at radius 3 is 2.50 bits per heavy atom. The van der Waals surface area contributed by atoms with E-state index in [1.54, 1.807) is 29.2 Å². The zero-order valence-corrected chi connectivity index (χ0v) is 11.5. The Labute approximate surface area is 115 Å². The first-order chi connectivity index (χ1) is 9.58. The lowest BCUT2D eigenvalue weighted by Gasteiger charge is -2.19. The highest BCUT2D eigenvalue weighted by Crippen LogP contribution is 2.07. The third-order valence-corrected chi connectivity index (χ3v) is 3.22. The highest BCUT2D eigenvalue weighted by molar-refractivity contribution is 5.81. The molecule has 0 saturated carbocycles. The summed E-state index contributed by atoms with van der Waals surface area (Å²) in [7, 11) is 0. The second-order valence-corrected chi connectivity index (χ2v) is 4.32. The van der Waals surface area contributed by atoms with Crippen molar-refractivity contribution in [1.29, 1.82) is 0 Å². The Morgan fingerprint density at radius 2 is 1.85 bits per heavy atom. The van der Waals surface area contributed by atoms with Gasteiger partial charge in [-0.05, 0) is 26.0 Å². The molecule has 0 bridgehead atoms. The lowest BCUT2D eigenvalue weighted by molar-refractivity contribution is -0.131. The molecule has 1 heterocycles. The number of hydrogen-bond acceptors (Lipinski definition) is 4. The van der Waals surface area contributed by atoms with Gasteiger partial charge in [-0.25, -0.2) is 9.59 Å². The number of amides is 1. The van der Waals surface area contributed by atoms with Gasteiger partial charge in [0.05, 0.1) is 10.9 Å². The molecular formula is C14H16N2O4. The summed E-state index contributed by atoms with van der Waals surface area (Å²) in [6.07, 6.45) is 0. The molecule has 0 aliphatic heterocycles. The Balaban J connectivity index is 2.52. The maximum atomic E-state index is 12.1. The molecule has 106 valence electrons. The van der Waals surface area contributed by atoms with Crippen LogP contribution in [0.2, 0.25) is 0 Å². The summed E-state index contributed by atoms with van der Waals surface area (Å²) in [6, 6.07) is 6.59. The van der Waals surface area contributed by atoms with Crippen molar-refractivity contribution in [2.75, 3.05) is 13.1 Å². The number of para-hydroxylation sites is 1. The van der Waals surface area contributed by atoms with Crippen molar-refractivity contribution in [3.05, 3.63) is 45.2 Å². The molecular weight excluding hydrogens is 260 g/mol. The number of likely N-dealkylation sites (N-methyl/N-ethyl adjacent to an activating group) is 1. The minimum Gasteiger partial charge on any atom is -0.372 e. The largest absolute Gasteiger partial charge is 0.422 e. The number of aromatic nitrogens is 1. The van der Waals surface area contributed by atoms with Gasteiger partial charge in [0.15, 0.2) is 0 Å². The van der Waals surface area contributed by atoms with Crippen LogP contribution in [0.15, 0.2) is 38.3 Å². The van der Waals surface area contributed by atoms with Gasteiger partial charge in [0.1, 0.15) is 6.54 Å². The van der Waals surface area contributed by atoms with Crippen molar-refractivity contribution in [1.82, 2.24) is 9.47 Å². The molecule has 1 amide bonds. The molecule has 2 aromatic rings. The molecule has 0 aliphatic rings. The molecule has 0 saturated heterocycles. The van der Waals surface area contributed by atoms with Crippen molar-refractivity contribution < 1.29 is 9.21 Å². The quantitative estimate of drug-likeness (QED) is 0.829. The van der Waals surface area contributed by atoms with Crippen LogP contribution in [0.5, 0.6) is 0 Å². The van der Waals surface area contributed by atoms with Crippen LogP contribution in [0.4, 0.5) is 0 Å². The highest BCUT2D eigenvalue weighted by atomic mass is 16.4. The van der Waals surface area contributed by atoms with E-state index in [2.05, 4.69) is 4.42 Å². The zero-order valence-electron chi connectivity index (χ0n) is 11.5. The van der Waals surface area contributed by atoms with E-state index < -0.39 is 11.4 Å². The first-order valence-corrected chi connectivity index (χ1v) is 6.49. The van der Waals surface area contributed by atoms with Gasteiger partial charge < -0.3 is 9.32 Å². The average molecular weight is 276 g/mol. The molecule has 20 heavy (non-hydrogen) atoms. The van der Waals surface area contributed by atoms with Gasteiger partial charge in [0.2, 0.25) is 5.91 Å². The van der Waals surface area contributed by atoms with Crippen LogP contribution in [-0.4, -0.2) is 28.5 Å². The number of hydrogen-bond donors (Lipinski definition) is 0. The van der Waals surface area contributed by atoms with Crippen LogP contribution in [0.3, 0.4) is 0 Å². The molecule has 1 aromatic carbocycles. The predicted octanol–water partition coefficient (Wildman–Crippen LogP) is 0.823. The van der Waals surface area contributed by atoms with Gasteiger partial charge in [-0.1, -0.05) is 12.1 Å². The third-order valence-electron chi connectivity index (χ3n) is 3.22. The van der Waals surface area contributed by atoms with Crippen LogP contribution < -0.4 is 11.4 Å². The zero-order chi connectivity index (χ0) is 14.7. The van der Waals surface area contributed by atoms with E-state index in [0.29, 0.717) is 24.0 Å². The van der Waals surface area contributed by atoms with Crippen molar-refractivity contribution in [3.63, 3.8) is 0 Å². The number of rotatable bonds is 4. The number of nitrogens with zero attached hydrogens (tertiary/aromatic N) is 2. The molecule has 0 spiro atoms. The average Bonchev–Trinajstić information content (AvgIpc) is 2.45. The molecule has 6 nitrogen and oxygen atoms in total. The SMILES string of the molecule is CCN(CC)C(=O)Cn1c(=O)oc(=O)c2ccccc21. The second-order valence-electron chi connectivity index (χ2n) is 4.32. The summed E-state index contributed by atoms with van der Waals surface area (Å²) in [6.45, 7) is 4.74. The van der Waals surface area contributed by atoms with Crippen molar-refractivity contribution in [3.8, 4) is 0 Å². The van der Waals surface area contributed by atoms with E-state index in [-0.39, 0.29) is 12.5 Å². The van der Waals surface area contributed by atoms with Gasteiger partial charge in [0, 0.05) is 13.1 Å². The lowest BCUT2D eigenvalue weighted by atomic mass is 10.2. The molecule has 0 unspecified atom stereocenters. The molecule has 2 rings (SSSR count). The standard InChI is InChI=1S/C14H16N2O4/c1-3-15(4-2)12(17)9-16-11-8-6-5-7-10(11)13(18)20-14(16)19/h5-8H,3-4,9H2,1-2H3. The smallest absolute Gasteiger partial charge is 0.372 e. The lowest BCUT2D eigenvalue weighted by Crippen LogP contribution is -2.37. The van der Waals surface area contributed by atoms with Gasteiger partial charge in [0.25, 0.3) is 0 Å². The summed E-state index contributed by atoms with van der Waals surface area (Å²) < 4.78 is 5.84.